The van der Waals surface area contributed by atoms with Gasteiger partial charge in [-0.3, -0.25) is 4.90 Å². The molecule has 98 valence electrons. The van der Waals surface area contributed by atoms with Crippen LogP contribution in [0.5, 0.6) is 0 Å². The molecule has 1 atom stereocenters. The van der Waals surface area contributed by atoms with Crippen molar-refractivity contribution in [3.63, 3.8) is 0 Å². The Hall–Kier alpha value is -0.760. The molecule has 1 aromatic heterocycles. The highest BCUT2D eigenvalue weighted by molar-refractivity contribution is 7.10. The maximum absolute atomic E-state index is 5.42. The minimum Gasteiger partial charge on any atom is -0.313 e. The predicted octanol–water partition coefficient (Wildman–Crippen LogP) is 0.596. The molecule has 0 saturated carbocycles. The highest BCUT2D eigenvalue weighted by Gasteiger charge is 2.16. The largest absolute Gasteiger partial charge is 0.313 e. The molecular formula is C10H22N6S. The van der Waals surface area contributed by atoms with E-state index in [0.29, 0.717) is 6.04 Å². The van der Waals surface area contributed by atoms with Crippen molar-refractivity contribution in [3.05, 3.63) is 5.69 Å². The van der Waals surface area contributed by atoms with E-state index in [1.807, 2.05) is 0 Å². The third-order valence-corrected chi connectivity index (χ3v) is 3.40. The highest BCUT2D eigenvalue weighted by atomic mass is 32.1. The maximum atomic E-state index is 5.42. The summed E-state index contributed by atoms with van der Waals surface area (Å²) >= 11 is 1.29. The number of aromatic nitrogens is 2. The number of hydrazine groups is 1. The van der Waals surface area contributed by atoms with Crippen LogP contribution < -0.4 is 11.3 Å². The Kier molecular flexibility index (Phi) is 5.76. The standard InChI is InChI=1S/C10H22N6S/c1-5-16(8(2)6-15(3)4)7-9-10(12-11)17-14-13-9/h8,12H,5-7,11H2,1-4H3. The van der Waals surface area contributed by atoms with Crippen LogP contribution >= 0.6 is 11.5 Å². The second-order valence-corrected chi connectivity index (χ2v) is 5.12. The van der Waals surface area contributed by atoms with Crippen molar-refractivity contribution in [2.45, 2.75) is 26.4 Å². The van der Waals surface area contributed by atoms with E-state index < -0.39 is 0 Å². The van der Waals surface area contributed by atoms with E-state index in [-0.39, 0.29) is 0 Å². The van der Waals surface area contributed by atoms with Crippen LogP contribution in [0.1, 0.15) is 19.5 Å². The lowest BCUT2D eigenvalue weighted by Gasteiger charge is -2.29. The first-order valence-corrected chi connectivity index (χ1v) is 6.52. The van der Waals surface area contributed by atoms with Crippen molar-refractivity contribution in [2.24, 2.45) is 5.84 Å². The summed E-state index contributed by atoms with van der Waals surface area (Å²) < 4.78 is 3.91. The second kappa shape index (κ2) is 6.85. The number of nitrogens with one attached hydrogen (secondary N) is 1. The Morgan fingerprint density at radius 3 is 2.71 bits per heavy atom. The van der Waals surface area contributed by atoms with Gasteiger partial charge >= 0.3 is 0 Å². The molecule has 0 spiro atoms. The summed E-state index contributed by atoms with van der Waals surface area (Å²) in [5, 5.41) is 4.95. The summed E-state index contributed by atoms with van der Waals surface area (Å²) in [5.74, 6) is 5.42. The van der Waals surface area contributed by atoms with Gasteiger partial charge in [-0.25, -0.2) is 5.84 Å². The van der Waals surface area contributed by atoms with Crippen LogP contribution in [0.3, 0.4) is 0 Å². The van der Waals surface area contributed by atoms with Crippen molar-refractivity contribution < 1.29 is 0 Å². The topological polar surface area (TPSA) is 70.3 Å². The minimum atomic E-state index is 0.474. The molecule has 1 heterocycles. The molecule has 0 radical (unpaired) electrons. The van der Waals surface area contributed by atoms with Crippen molar-refractivity contribution in [1.82, 2.24) is 19.4 Å². The van der Waals surface area contributed by atoms with Gasteiger partial charge in [0.05, 0.1) is 0 Å². The molecule has 17 heavy (non-hydrogen) atoms. The van der Waals surface area contributed by atoms with Gasteiger partial charge in [0.25, 0.3) is 0 Å². The van der Waals surface area contributed by atoms with Crippen LogP contribution in [0.2, 0.25) is 0 Å². The lowest BCUT2D eigenvalue weighted by atomic mass is 10.2. The number of anilines is 1. The van der Waals surface area contributed by atoms with Crippen LogP contribution in [-0.4, -0.2) is 52.6 Å². The lowest BCUT2D eigenvalue weighted by molar-refractivity contribution is 0.172. The maximum Gasteiger partial charge on any atom is 0.148 e. The number of rotatable bonds is 7. The van der Waals surface area contributed by atoms with Crippen molar-refractivity contribution in [3.8, 4) is 0 Å². The van der Waals surface area contributed by atoms with Gasteiger partial charge in [0.1, 0.15) is 10.7 Å². The van der Waals surface area contributed by atoms with E-state index in [0.717, 1.165) is 30.3 Å². The predicted molar refractivity (Wildman–Crippen MR) is 71.8 cm³/mol. The average Bonchev–Trinajstić information content (AvgIpc) is 2.71. The van der Waals surface area contributed by atoms with Gasteiger partial charge in [0.2, 0.25) is 0 Å². The summed E-state index contributed by atoms with van der Waals surface area (Å²) in [5.41, 5.74) is 3.56. The van der Waals surface area contributed by atoms with Crippen LogP contribution in [0.15, 0.2) is 0 Å². The fraction of sp³-hybridized carbons (Fsp3) is 0.800. The Bertz CT molecular complexity index is 326. The monoisotopic (exact) mass is 258 g/mol. The molecule has 0 fully saturated rings. The van der Waals surface area contributed by atoms with Crippen LogP contribution in [-0.2, 0) is 6.54 Å². The Labute approximate surface area is 107 Å². The van der Waals surface area contributed by atoms with Crippen molar-refractivity contribution in [2.75, 3.05) is 32.6 Å². The van der Waals surface area contributed by atoms with Crippen molar-refractivity contribution in [1.29, 1.82) is 0 Å². The molecule has 1 unspecified atom stereocenters. The van der Waals surface area contributed by atoms with E-state index >= 15 is 0 Å². The molecule has 0 aliphatic heterocycles. The molecule has 0 saturated heterocycles. The Morgan fingerprint density at radius 2 is 2.18 bits per heavy atom. The Morgan fingerprint density at radius 1 is 1.47 bits per heavy atom. The molecule has 0 bridgehead atoms. The molecule has 6 nitrogen and oxygen atoms in total. The molecule has 0 aromatic carbocycles. The SMILES string of the molecule is CCN(Cc1nnsc1NN)C(C)CN(C)C. The molecule has 3 N–H and O–H groups in total. The van der Waals surface area contributed by atoms with Gasteiger partial charge in [-0.1, -0.05) is 11.4 Å². The van der Waals surface area contributed by atoms with Gasteiger partial charge in [-0.2, -0.15) is 0 Å². The zero-order chi connectivity index (χ0) is 12.8. The van der Waals surface area contributed by atoms with Crippen LogP contribution in [0, 0.1) is 0 Å². The zero-order valence-electron chi connectivity index (χ0n) is 11.0. The first-order chi connectivity index (χ1) is 8.08. The molecule has 0 aliphatic carbocycles. The smallest absolute Gasteiger partial charge is 0.148 e. The fourth-order valence-electron chi connectivity index (χ4n) is 1.84. The van der Waals surface area contributed by atoms with Gasteiger partial charge in [-0.05, 0) is 27.6 Å². The van der Waals surface area contributed by atoms with E-state index in [4.69, 9.17) is 5.84 Å². The molecule has 0 aliphatic rings. The third kappa shape index (κ3) is 4.19. The van der Waals surface area contributed by atoms with Crippen LogP contribution in [0.25, 0.3) is 0 Å². The summed E-state index contributed by atoms with van der Waals surface area (Å²) in [6, 6.07) is 0.474. The zero-order valence-corrected chi connectivity index (χ0v) is 11.8. The Balaban J connectivity index is 2.63. The van der Waals surface area contributed by atoms with Crippen molar-refractivity contribution >= 4 is 16.5 Å². The summed E-state index contributed by atoms with van der Waals surface area (Å²) in [4.78, 5) is 4.55. The number of nitrogens with zero attached hydrogens (tertiary/aromatic N) is 4. The number of likely N-dealkylation sites (N-methyl/N-ethyl adjacent to an activating group) is 2. The number of nitrogen functional groups attached to an aromatic ring is 1. The molecular weight excluding hydrogens is 236 g/mol. The van der Waals surface area contributed by atoms with Gasteiger partial charge in [0.15, 0.2) is 0 Å². The second-order valence-electron chi connectivity index (χ2n) is 4.37. The summed E-state index contributed by atoms with van der Waals surface area (Å²) in [6.07, 6.45) is 0. The molecule has 1 rings (SSSR count). The quantitative estimate of drug-likeness (QED) is 0.551. The van der Waals surface area contributed by atoms with E-state index in [1.165, 1.54) is 11.5 Å². The highest BCUT2D eigenvalue weighted by Crippen LogP contribution is 2.18. The minimum absolute atomic E-state index is 0.474. The van der Waals surface area contributed by atoms with E-state index in [9.17, 15) is 0 Å². The fourth-order valence-corrected chi connectivity index (χ4v) is 2.32. The van der Waals surface area contributed by atoms with Gasteiger partial charge < -0.3 is 10.3 Å². The van der Waals surface area contributed by atoms with E-state index in [2.05, 4.69) is 52.8 Å². The number of hydrogen-bond donors (Lipinski definition) is 2. The summed E-state index contributed by atoms with van der Waals surface area (Å²) in [6.45, 7) is 7.16. The molecule has 7 heteroatoms. The first kappa shape index (κ1) is 14.3. The lowest BCUT2D eigenvalue weighted by Crippen LogP contribution is -2.39. The normalized spacial score (nSPS) is 13.4. The third-order valence-electron chi connectivity index (χ3n) is 2.70. The van der Waals surface area contributed by atoms with Gasteiger partial charge in [-0.15, -0.1) is 5.10 Å². The number of nitrogens with two attached hydrogens (primary N) is 1. The molecule has 0 amide bonds. The average molecular weight is 258 g/mol. The first-order valence-electron chi connectivity index (χ1n) is 5.75. The van der Waals surface area contributed by atoms with Gasteiger partial charge in [0, 0.05) is 30.7 Å². The molecule has 1 aromatic rings. The number of hydrogen-bond acceptors (Lipinski definition) is 7. The van der Waals surface area contributed by atoms with E-state index in [1.54, 1.807) is 0 Å². The van der Waals surface area contributed by atoms with Crippen LogP contribution in [0.4, 0.5) is 5.00 Å². The summed E-state index contributed by atoms with van der Waals surface area (Å²) in [7, 11) is 4.17.